The molecule has 7 N–H and O–H groups in total. The predicted molar refractivity (Wildman–Crippen MR) is 199 cm³/mol. The molecule has 0 radical (unpaired) electrons. The number of nitrogens with two attached hydrogens (primary N) is 1. The third-order valence-electron chi connectivity index (χ3n) is 15.8. The van der Waals surface area contributed by atoms with Crippen molar-refractivity contribution >= 4 is 5.78 Å². The van der Waals surface area contributed by atoms with Gasteiger partial charge in [0.15, 0.2) is 12.6 Å². The van der Waals surface area contributed by atoms with Gasteiger partial charge in [0.1, 0.15) is 24.1 Å². The van der Waals surface area contributed by atoms with Crippen molar-refractivity contribution in [3.63, 3.8) is 0 Å². The number of ketones is 1. The average Bonchev–Trinajstić information content (AvgIpc) is 3.33. The van der Waals surface area contributed by atoms with Gasteiger partial charge in [0.05, 0.1) is 37.6 Å². The molecule has 2 heterocycles. The van der Waals surface area contributed by atoms with E-state index in [0.717, 1.165) is 38.5 Å². The van der Waals surface area contributed by atoms with Crippen LogP contribution in [-0.4, -0.2) is 105 Å². The fourth-order valence-electron chi connectivity index (χ4n) is 12.4. The van der Waals surface area contributed by atoms with Crippen LogP contribution in [0.5, 0.6) is 0 Å². The summed E-state index contributed by atoms with van der Waals surface area (Å²) < 4.78 is 24.1. The normalized spacial score (nSPS) is 47.7. The van der Waals surface area contributed by atoms with E-state index in [1.807, 2.05) is 0 Å². The highest BCUT2D eigenvalue weighted by Crippen LogP contribution is 2.74. The van der Waals surface area contributed by atoms with Crippen LogP contribution in [0.15, 0.2) is 11.6 Å². The Morgan fingerprint density at radius 3 is 2.36 bits per heavy atom. The van der Waals surface area contributed by atoms with Crippen molar-refractivity contribution in [3.8, 4) is 0 Å². The second kappa shape index (κ2) is 15.1. The number of allylic oxidation sites excluding steroid dienone is 1. The summed E-state index contributed by atoms with van der Waals surface area (Å²) in [4.78, 5) is 14.8. The molecule has 0 bridgehead atoms. The smallest absolute Gasteiger partial charge is 0.186 e. The number of ether oxygens (including phenoxy) is 4. The third-order valence-corrected chi connectivity index (χ3v) is 15.8. The number of carbonyl (C=O) groups is 1. The predicted octanol–water partition coefficient (Wildman–Crippen LogP) is 4.38. The maximum atomic E-state index is 14.8. The summed E-state index contributed by atoms with van der Waals surface area (Å²) in [6, 6.07) is 0. The van der Waals surface area contributed by atoms with Gasteiger partial charge in [-0.25, -0.2) is 0 Å². The number of hydrogen-bond donors (Lipinski definition) is 6. The van der Waals surface area contributed by atoms with Crippen LogP contribution in [0.4, 0.5) is 0 Å². The quantitative estimate of drug-likeness (QED) is 0.165. The molecule has 304 valence electrons. The summed E-state index contributed by atoms with van der Waals surface area (Å²) in [5.74, 6) is 1.86. The van der Waals surface area contributed by atoms with Gasteiger partial charge >= 0.3 is 0 Å². The number of aliphatic hydroxyl groups excluding tert-OH is 5. The standard InChI is InChI=1S/C42H71NO10/c1-23(10-9-16-38(2,3)43)25-15-17-40(6)32-13-11-26-27(42(32,8)33(48)20-41(25,40)7)12-14-34(39(26,4)5)53-37-35(49)29(46)18-24(51-37)22-50-36-30(47)19-28(45)31(21-44)52-36/h11,23-25,27-32,34-37,44-47,49H,9-10,12-22,43H2,1-8H3/t23-,24+,25?,27?,28+,29+,30-,31?,32?,34+,35-,36-,37+,40+,41-,42+/m1/s1. The molecule has 6 aliphatic rings. The van der Waals surface area contributed by atoms with Crippen LogP contribution in [0.2, 0.25) is 0 Å². The molecule has 6 rings (SSSR count). The van der Waals surface area contributed by atoms with Crippen molar-refractivity contribution < 1.29 is 49.3 Å². The zero-order chi connectivity index (χ0) is 38.9. The molecule has 11 heteroatoms. The second-order valence-corrected chi connectivity index (χ2v) is 20.0. The van der Waals surface area contributed by atoms with Gasteiger partial charge in [0.25, 0.3) is 0 Å². The van der Waals surface area contributed by atoms with Crippen molar-refractivity contribution in [2.24, 2.45) is 51.1 Å². The fraction of sp³-hybridized carbons (Fsp3) is 0.929. The molecule has 5 fully saturated rings. The highest BCUT2D eigenvalue weighted by molar-refractivity contribution is 5.88. The topological polar surface area (TPSA) is 181 Å². The van der Waals surface area contributed by atoms with Crippen LogP contribution in [0.1, 0.15) is 126 Å². The number of aliphatic hydroxyl groups is 5. The van der Waals surface area contributed by atoms with Crippen molar-refractivity contribution in [2.75, 3.05) is 13.2 Å². The number of Topliss-reactive ketones (excluding diaryl/α,β-unsaturated/α-hetero) is 1. The van der Waals surface area contributed by atoms with Crippen LogP contribution in [0, 0.1) is 45.3 Å². The molecule has 0 amide bonds. The average molecular weight is 750 g/mol. The van der Waals surface area contributed by atoms with Crippen molar-refractivity contribution in [1.82, 2.24) is 0 Å². The first kappa shape index (κ1) is 41.6. The Morgan fingerprint density at radius 2 is 1.68 bits per heavy atom. The van der Waals surface area contributed by atoms with Gasteiger partial charge in [-0.2, -0.15) is 0 Å². The van der Waals surface area contributed by atoms with E-state index in [1.165, 1.54) is 12.0 Å². The summed E-state index contributed by atoms with van der Waals surface area (Å²) in [5.41, 5.74) is 6.54. The van der Waals surface area contributed by atoms with Crippen molar-refractivity contribution in [3.05, 3.63) is 11.6 Å². The molecule has 11 nitrogen and oxygen atoms in total. The van der Waals surface area contributed by atoms with Gasteiger partial charge in [-0.05, 0) is 86.9 Å². The molecule has 0 aromatic heterocycles. The largest absolute Gasteiger partial charge is 0.394 e. The summed E-state index contributed by atoms with van der Waals surface area (Å²) >= 11 is 0. The first-order chi connectivity index (χ1) is 24.7. The van der Waals surface area contributed by atoms with E-state index < -0.39 is 66.6 Å². The maximum absolute atomic E-state index is 14.8. The Morgan fingerprint density at radius 1 is 0.962 bits per heavy atom. The zero-order valence-electron chi connectivity index (χ0n) is 33.6. The van der Waals surface area contributed by atoms with Crippen LogP contribution in [0.25, 0.3) is 0 Å². The lowest BCUT2D eigenvalue weighted by Gasteiger charge is -2.65. The van der Waals surface area contributed by atoms with Crippen molar-refractivity contribution in [1.29, 1.82) is 0 Å². The summed E-state index contributed by atoms with van der Waals surface area (Å²) in [7, 11) is 0. The Bertz CT molecular complexity index is 1350. The zero-order valence-corrected chi connectivity index (χ0v) is 33.6. The third kappa shape index (κ3) is 7.36. The van der Waals surface area contributed by atoms with E-state index >= 15 is 0 Å². The highest BCUT2D eigenvalue weighted by Gasteiger charge is 2.70. The number of fused-ring (bicyclic) bond motifs is 5. The van der Waals surface area contributed by atoms with Gasteiger partial charge in [0.2, 0.25) is 0 Å². The first-order valence-electron chi connectivity index (χ1n) is 20.6. The molecular weight excluding hydrogens is 678 g/mol. The van der Waals surface area contributed by atoms with Gasteiger partial charge in [-0.3, -0.25) is 4.79 Å². The lowest BCUT2D eigenvalue weighted by molar-refractivity contribution is -0.314. The van der Waals surface area contributed by atoms with E-state index in [4.69, 9.17) is 24.7 Å². The molecule has 0 aromatic carbocycles. The molecule has 53 heavy (non-hydrogen) atoms. The van der Waals surface area contributed by atoms with E-state index in [1.54, 1.807) is 0 Å². The molecule has 4 unspecified atom stereocenters. The van der Waals surface area contributed by atoms with Crippen molar-refractivity contribution in [2.45, 2.75) is 187 Å². The highest BCUT2D eigenvalue weighted by atomic mass is 16.7. The Balaban J connectivity index is 1.14. The SMILES string of the molecule is C[C@H](CCCC(C)(C)N)C1CC[C@@]2(C)C3CC=C4C(CC[C@H](O[C@@H]5O[C@H](CO[C@@H]6OC(CO)[C@@H](O)C[C@H]6O)C[C@H](O)[C@H]5O)C4(C)C)[C@]3(C)C(=O)C[C@]12C. The molecule has 3 saturated carbocycles. The van der Waals surface area contributed by atoms with Gasteiger partial charge < -0.3 is 50.2 Å². The molecular formula is C42H71NO10. The van der Waals surface area contributed by atoms with E-state index in [2.05, 4.69) is 61.5 Å². The lowest BCUT2D eigenvalue weighted by atomic mass is 9.38. The number of hydrogen-bond acceptors (Lipinski definition) is 11. The minimum Gasteiger partial charge on any atom is -0.394 e. The van der Waals surface area contributed by atoms with Crippen LogP contribution in [-0.2, 0) is 23.7 Å². The lowest BCUT2D eigenvalue weighted by Crippen LogP contribution is -2.63. The van der Waals surface area contributed by atoms with Crippen LogP contribution in [0.3, 0.4) is 0 Å². The molecule has 0 aromatic rings. The molecule has 2 saturated heterocycles. The molecule has 2 aliphatic heterocycles. The molecule has 4 aliphatic carbocycles. The van der Waals surface area contributed by atoms with Gasteiger partial charge in [-0.1, -0.05) is 66.0 Å². The molecule has 0 spiro atoms. The maximum Gasteiger partial charge on any atom is 0.186 e. The first-order valence-corrected chi connectivity index (χ1v) is 20.6. The van der Waals surface area contributed by atoms with Crippen LogP contribution >= 0.6 is 0 Å². The summed E-state index contributed by atoms with van der Waals surface area (Å²) in [6.07, 6.45) is 2.61. The molecule has 16 atom stereocenters. The van der Waals surface area contributed by atoms with Gasteiger partial charge in [0, 0.05) is 35.6 Å². The summed E-state index contributed by atoms with van der Waals surface area (Å²) in [5, 5.41) is 51.8. The minimum atomic E-state index is -1.26. The summed E-state index contributed by atoms with van der Waals surface area (Å²) in [6.45, 7) is 17.7. The Kier molecular flexibility index (Phi) is 11.8. The van der Waals surface area contributed by atoms with E-state index in [0.29, 0.717) is 30.5 Å². The monoisotopic (exact) mass is 750 g/mol. The second-order valence-electron chi connectivity index (χ2n) is 20.0. The number of rotatable bonds is 11. The van der Waals surface area contributed by atoms with Gasteiger partial charge in [-0.15, -0.1) is 0 Å². The minimum absolute atomic E-state index is 0.000121. The Hall–Kier alpha value is -0.990. The Labute approximate surface area is 317 Å². The van der Waals surface area contributed by atoms with E-state index in [9.17, 15) is 30.3 Å². The van der Waals surface area contributed by atoms with Crippen LogP contribution < -0.4 is 5.73 Å². The van der Waals surface area contributed by atoms with E-state index in [-0.39, 0.29) is 53.8 Å². The number of carbonyl (C=O) groups excluding carboxylic acids is 1. The fourth-order valence-corrected chi connectivity index (χ4v) is 12.4.